The molecule has 0 aliphatic heterocycles. The molecule has 32 heavy (non-hydrogen) atoms. The molecule has 4 rings (SSSR count). The fourth-order valence-corrected chi connectivity index (χ4v) is 5.22. The summed E-state index contributed by atoms with van der Waals surface area (Å²) in [5.74, 6) is 0.370. The van der Waals surface area contributed by atoms with E-state index in [1.165, 1.54) is 11.3 Å². The second-order valence-electron chi connectivity index (χ2n) is 7.62. The van der Waals surface area contributed by atoms with Crippen LogP contribution in [0.3, 0.4) is 0 Å². The van der Waals surface area contributed by atoms with Crippen LogP contribution in [0.15, 0.2) is 53.7 Å². The van der Waals surface area contributed by atoms with E-state index in [0.717, 1.165) is 33.8 Å². The predicted octanol–water partition coefficient (Wildman–Crippen LogP) is 7.45. The monoisotopic (exact) mass is 477 g/mol. The van der Waals surface area contributed by atoms with Crippen LogP contribution in [0.1, 0.15) is 59.8 Å². The molecule has 2 aromatic heterocycles. The number of para-hydroxylation sites is 1. The zero-order chi connectivity index (χ0) is 22.6. The lowest BCUT2D eigenvalue weighted by molar-refractivity contribution is -0.0905. The lowest BCUT2D eigenvalue weighted by atomic mass is 10.1. The van der Waals surface area contributed by atoms with Crippen LogP contribution in [0.5, 0.6) is 0 Å². The molecule has 0 radical (unpaired) electrons. The first kappa shape index (κ1) is 22.7. The molecule has 1 N–H and O–H groups in total. The Labute approximate surface area is 192 Å². The van der Waals surface area contributed by atoms with Gasteiger partial charge in [-0.05, 0) is 50.2 Å². The summed E-state index contributed by atoms with van der Waals surface area (Å²) in [5.41, 5.74) is 0.136. The van der Waals surface area contributed by atoms with E-state index in [1.54, 1.807) is 47.9 Å². The second kappa shape index (κ2) is 9.95. The van der Waals surface area contributed by atoms with Gasteiger partial charge in [-0.2, -0.15) is 13.2 Å². The SMILES string of the molecule is O=C(CCCC/C=C(\Nc1ccccc1)C(F)(F)F)c1nc(-c2nccs2)sc1C1CC1. The van der Waals surface area contributed by atoms with Crippen molar-refractivity contribution in [2.24, 2.45) is 0 Å². The average Bonchev–Trinajstić information content (AvgIpc) is 3.28. The summed E-state index contributed by atoms with van der Waals surface area (Å²) in [6.07, 6.45) is 2.08. The molecule has 0 atom stereocenters. The number of Topliss-reactive ketones (excluding diaryl/α,β-unsaturated/α-hetero) is 1. The molecule has 0 bridgehead atoms. The number of carbonyl (C=O) groups is 1. The van der Waals surface area contributed by atoms with Gasteiger partial charge in [0, 0.05) is 28.6 Å². The first-order valence-electron chi connectivity index (χ1n) is 10.4. The zero-order valence-electron chi connectivity index (χ0n) is 17.2. The van der Waals surface area contributed by atoms with Gasteiger partial charge >= 0.3 is 6.18 Å². The highest BCUT2D eigenvalue weighted by Crippen LogP contribution is 2.46. The highest BCUT2D eigenvalue weighted by molar-refractivity contribution is 7.20. The molecule has 1 aliphatic carbocycles. The highest BCUT2D eigenvalue weighted by atomic mass is 32.1. The molecule has 3 aromatic rings. The number of carbonyl (C=O) groups excluding carboxylic acids is 1. The van der Waals surface area contributed by atoms with Gasteiger partial charge < -0.3 is 5.32 Å². The van der Waals surface area contributed by atoms with E-state index in [2.05, 4.69) is 15.3 Å². The Hall–Kier alpha value is -2.52. The quantitative estimate of drug-likeness (QED) is 0.243. The molecule has 0 unspecified atom stereocenters. The number of allylic oxidation sites excluding steroid dienone is 2. The van der Waals surface area contributed by atoms with Crippen molar-refractivity contribution in [2.75, 3.05) is 5.32 Å². The van der Waals surface area contributed by atoms with Gasteiger partial charge in [-0.15, -0.1) is 22.7 Å². The number of aromatic nitrogens is 2. The molecule has 0 saturated heterocycles. The number of ketones is 1. The molecular formula is C23H22F3N3OS2. The molecule has 2 heterocycles. The molecule has 1 saturated carbocycles. The fraction of sp³-hybridized carbons (Fsp3) is 0.348. The maximum atomic E-state index is 13.3. The van der Waals surface area contributed by atoms with Gasteiger partial charge in [0.2, 0.25) is 0 Å². The average molecular weight is 478 g/mol. The smallest absolute Gasteiger partial charge is 0.352 e. The predicted molar refractivity (Wildman–Crippen MR) is 122 cm³/mol. The van der Waals surface area contributed by atoms with E-state index in [0.29, 0.717) is 30.1 Å². The highest BCUT2D eigenvalue weighted by Gasteiger charge is 2.34. The second-order valence-corrected chi connectivity index (χ2v) is 9.54. The zero-order valence-corrected chi connectivity index (χ0v) is 18.8. The third-order valence-corrected chi connectivity index (χ3v) is 7.18. The third-order valence-electron chi connectivity index (χ3n) is 5.05. The Bertz CT molecular complexity index is 1070. The molecular weight excluding hydrogens is 455 g/mol. The van der Waals surface area contributed by atoms with Gasteiger partial charge in [0.15, 0.2) is 15.8 Å². The van der Waals surface area contributed by atoms with Crippen LogP contribution in [0.2, 0.25) is 0 Å². The molecule has 0 spiro atoms. The molecule has 9 heteroatoms. The Balaban J connectivity index is 1.33. The van der Waals surface area contributed by atoms with Gasteiger partial charge in [-0.3, -0.25) is 4.79 Å². The minimum atomic E-state index is -4.46. The van der Waals surface area contributed by atoms with Gasteiger partial charge in [-0.25, -0.2) is 9.97 Å². The first-order chi connectivity index (χ1) is 15.4. The number of hydrogen-bond donors (Lipinski definition) is 1. The van der Waals surface area contributed by atoms with Crippen molar-refractivity contribution in [3.8, 4) is 10.0 Å². The Morgan fingerprint density at radius 2 is 1.94 bits per heavy atom. The van der Waals surface area contributed by atoms with Crippen molar-refractivity contribution >= 4 is 34.1 Å². The van der Waals surface area contributed by atoms with E-state index in [4.69, 9.17) is 0 Å². The van der Waals surface area contributed by atoms with Gasteiger partial charge in [0.1, 0.15) is 11.4 Å². The minimum Gasteiger partial charge on any atom is -0.352 e. The van der Waals surface area contributed by atoms with Crippen molar-refractivity contribution in [3.63, 3.8) is 0 Å². The minimum absolute atomic E-state index is 0.0339. The van der Waals surface area contributed by atoms with Crippen molar-refractivity contribution in [1.29, 1.82) is 0 Å². The number of hydrogen-bond acceptors (Lipinski definition) is 6. The number of rotatable bonds is 10. The summed E-state index contributed by atoms with van der Waals surface area (Å²) in [6.45, 7) is 0. The maximum Gasteiger partial charge on any atom is 0.430 e. The standard InChI is InChI=1S/C23H22F3N3OS2/c24-23(25,26)18(28-16-7-3-1-4-8-16)10-6-2-5-9-17(30)19-20(15-11-12-15)32-22(29-19)21-27-13-14-31-21/h1,3-4,7-8,10,13-15,28H,2,5-6,9,11-12H2/b18-10-. The lowest BCUT2D eigenvalue weighted by Gasteiger charge is -2.14. The largest absolute Gasteiger partial charge is 0.430 e. The summed E-state index contributed by atoms with van der Waals surface area (Å²) in [4.78, 5) is 22.7. The van der Waals surface area contributed by atoms with E-state index >= 15 is 0 Å². The van der Waals surface area contributed by atoms with E-state index in [-0.39, 0.29) is 18.6 Å². The summed E-state index contributed by atoms with van der Waals surface area (Å²) in [6, 6.07) is 8.27. The van der Waals surface area contributed by atoms with Crippen LogP contribution in [0, 0.1) is 0 Å². The van der Waals surface area contributed by atoms with Gasteiger partial charge in [0.05, 0.1) is 0 Å². The van der Waals surface area contributed by atoms with Crippen LogP contribution >= 0.6 is 22.7 Å². The fourth-order valence-electron chi connectivity index (χ4n) is 3.28. The maximum absolute atomic E-state index is 13.3. The summed E-state index contributed by atoms with van der Waals surface area (Å²) in [7, 11) is 0. The topological polar surface area (TPSA) is 54.9 Å². The van der Waals surface area contributed by atoms with Gasteiger partial charge in [-0.1, -0.05) is 24.3 Å². The van der Waals surface area contributed by atoms with E-state index in [9.17, 15) is 18.0 Å². The summed E-state index contributed by atoms with van der Waals surface area (Å²) >= 11 is 3.03. The molecule has 0 amide bonds. The third kappa shape index (κ3) is 5.83. The summed E-state index contributed by atoms with van der Waals surface area (Å²) in [5, 5.41) is 5.91. The van der Waals surface area contributed by atoms with Crippen LogP contribution in [-0.2, 0) is 0 Å². The number of nitrogens with zero attached hydrogens (tertiary/aromatic N) is 2. The summed E-state index contributed by atoms with van der Waals surface area (Å²) < 4.78 is 39.9. The van der Waals surface area contributed by atoms with E-state index < -0.39 is 11.9 Å². The number of alkyl halides is 3. The van der Waals surface area contributed by atoms with Crippen molar-refractivity contribution in [3.05, 3.63) is 64.3 Å². The molecule has 1 aliphatic rings. The molecule has 168 valence electrons. The van der Waals surface area contributed by atoms with Crippen LogP contribution < -0.4 is 5.32 Å². The Kier molecular flexibility index (Phi) is 7.05. The number of benzene rings is 1. The lowest BCUT2D eigenvalue weighted by Crippen LogP contribution is -2.19. The van der Waals surface area contributed by atoms with Crippen LogP contribution in [0.4, 0.5) is 18.9 Å². The van der Waals surface area contributed by atoms with Gasteiger partial charge in [0.25, 0.3) is 0 Å². The number of anilines is 1. The first-order valence-corrected chi connectivity index (χ1v) is 12.1. The normalized spacial score (nSPS) is 14.5. The molecule has 1 aromatic carbocycles. The number of halogens is 3. The molecule has 1 fully saturated rings. The number of unbranched alkanes of at least 4 members (excludes halogenated alkanes) is 2. The van der Waals surface area contributed by atoms with Crippen LogP contribution in [-0.4, -0.2) is 21.9 Å². The van der Waals surface area contributed by atoms with Crippen molar-refractivity contribution in [1.82, 2.24) is 9.97 Å². The molecule has 4 nitrogen and oxygen atoms in total. The van der Waals surface area contributed by atoms with E-state index in [1.807, 2.05) is 5.38 Å². The number of nitrogens with one attached hydrogen (secondary N) is 1. The van der Waals surface area contributed by atoms with Crippen LogP contribution in [0.25, 0.3) is 10.0 Å². The van der Waals surface area contributed by atoms with Crippen molar-refractivity contribution in [2.45, 2.75) is 50.6 Å². The Morgan fingerprint density at radius 3 is 2.59 bits per heavy atom. The van der Waals surface area contributed by atoms with Crippen molar-refractivity contribution < 1.29 is 18.0 Å². The Morgan fingerprint density at radius 1 is 1.16 bits per heavy atom. The number of thiazole rings is 2.